The first-order valence-electron chi connectivity index (χ1n) is 9.45. The molecule has 0 spiro atoms. The molecule has 5 heteroatoms. The summed E-state index contributed by atoms with van der Waals surface area (Å²) >= 11 is 2.26. The van der Waals surface area contributed by atoms with Crippen molar-refractivity contribution < 1.29 is 4.79 Å². The van der Waals surface area contributed by atoms with Crippen molar-refractivity contribution in [3.8, 4) is 0 Å². The molecule has 1 amide bonds. The number of carbonyl (C=O) groups excluding carboxylic acids is 1. The molecular formula is C19H38N3OSe. The number of amides is 1. The number of hydrogen-bond acceptors (Lipinski definition) is 2. The van der Waals surface area contributed by atoms with Crippen molar-refractivity contribution in [1.82, 2.24) is 0 Å². The summed E-state index contributed by atoms with van der Waals surface area (Å²) in [6, 6.07) is 0. The Morgan fingerprint density at radius 3 is 1.62 bits per heavy atom. The first kappa shape index (κ1) is 25.4. The van der Waals surface area contributed by atoms with Crippen molar-refractivity contribution in [2.24, 2.45) is 11.5 Å². The van der Waals surface area contributed by atoms with Crippen LogP contribution < -0.4 is 11.5 Å². The molecule has 0 aliphatic carbocycles. The summed E-state index contributed by atoms with van der Waals surface area (Å²) < 4.78 is 0.0417. The number of hydrogen-bond donors (Lipinski definition) is 3. The van der Waals surface area contributed by atoms with Gasteiger partial charge in [-0.2, -0.15) is 0 Å². The average molecular weight is 403 g/mol. The van der Waals surface area contributed by atoms with Crippen molar-refractivity contribution in [3.05, 3.63) is 12.2 Å². The SMILES string of the molecule is CCCCCCCC/C=C\CCCCCCCC(N)=O.N=C(N)[Se]. The molecule has 0 aromatic heterocycles. The molecule has 0 bridgehead atoms. The third kappa shape index (κ3) is 33.0. The zero-order valence-electron chi connectivity index (χ0n) is 15.5. The van der Waals surface area contributed by atoms with Crippen LogP contribution >= 0.6 is 0 Å². The van der Waals surface area contributed by atoms with Crippen LogP contribution in [0.1, 0.15) is 96.8 Å². The Hall–Kier alpha value is -0.801. The topological polar surface area (TPSA) is 93.0 Å². The van der Waals surface area contributed by atoms with Gasteiger partial charge < -0.3 is 5.73 Å². The number of amidine groups is 1. The maximum atomic E-state index is 10.5. The standard InChI is InChI=1S/C18H35NO.CH3N2Se/c1-2-3-4-5-6-7-8-9-10-11-12-13-14-15-16-17-18(19)20;2-1(3)4/h9-10H,2-8,11-17H2,1H3,(H2,19,20);(H3,2,3)/b10-9-;. The van der Waals surface area contributed by atoms with E-state index in [-0.39, 0.29) is 10.6 Å². The summed E-state index contributed by atoms with van der Waals surface area (Å²) in [6.45, 7) is 2.26. The van der Waals surface area contributed by atoms with Gasteiger partial charge >= 0.3 is 31.9 Å². The Balaban J connectivity index is 0. The van der Waals surface area contributed by atoms with E-state index in [0.717, 1.165) is 12.8 Å². The fourth-order valence-corrected chi connectivity index (χ4v) is 2.37. The van der Waals surface area contributed by atoms with Crippen LogP contribution in [-0.2, 0) is 4.79 Å². The molecule has 0 aliphatic heterocycles. The Bertz CT molecular complexity index is 316. The van der Waals surface area contributed by atoms with Crippen LogP contribution in [0.4, 0.5) is 0 Å². The van der Waals surface area contributed by atoms with Crippen molar-refractivity contribution in [2.45, 2.75) is 96.8 Å². The van der Waals surface area contributed by atoms with Gasteiger partial charge in [-0.1, -0.05) is 70.4 Å². The van der Waals surface area contributed by atoms with Crippen LogP contribution in [0.15, 0.2) is 12.2 Å². The van der Waals surface area contributed by atoms with Crippen molar-refractivity contribution in [3.63, 3.8) is 0 Å². The van der Waals surface area contributed by atoms with Gasteiger partial charge in [0, 0.05) is 6.42 Å². The van der Waals surface area contributed by atoms with Gasteiger partial charge in [-0.05, 0) is 32.1 Å². The number of allylic oxidation sites excluding steroid dienone is 2. The van der Waals surface area contributed by atoms with Crippen LogP contribution in [-0.4, -0.2) is 26.7 Å². The molecular weight excluding hydrogens is 365 g/mol. The van der Waals surface area contributed by atoms with E-state index in [1.165, 1.54) is 70.6 Å². The summed E-state index contributed by atoms with van der Waals surface area (Å²) in [6.07, 6.45) is 21.9. The van der Waals surface area contributed by atoms with E-state index >= 15 is 0 Å². The summed E-state index contributed by atoms with van der Waals surface area (Å²) in [5.41, 5.74) is 9.74. The maximum absolute atomic E-state index is 10.5. The molecule has 1 radical (unpaired) electrons. The molecule has 0 aromatic carbocycles. The number of primary amides is 1. The molecule has 4 nitrogen and oxygen atoms in total. The number of carbonyl (C=O) groups is 1. The van der Waals surface area contributed by atoms with Gasteiger partial charge in [-0.3, -0.25) is 4.79 Å². The number of unbranched alkanes of at least 4 members (excludes halogenated alkanes) is 11. The third-order valence-corrected chi connectivity index (χ3v) is 3.68. The summed E-state index contributed by atoms with van der Waals surface area (Å²) in [4.78, 5) is 10.5. The fraction of sp³-hybridized carbons (Fsp3) is 0.789. The first-order chi connectivity index (χ1) is 11.5. The van der Waals surface area contributed by atoms with Crippen molar-refractivity contribution in [2.75, 3.05) is 0 Å². The molecule has 0 heterocycles. The van der Waals surface area contributed by atoms with E-state index in [0.29, 0.717) is 6.42 Å². The Morgan fingerprint density at radius 2 is 1.21 bits per heavy atom. The second-order valence-electron chi connectivity index (χ2n) is 6.16. The van der Waals surface area contributed by atoms with Crippen LogP contribution in [0.25, 0.3) is 0 Å². The molecule has 0 saturated heterocycles. The van der Waals surface area contributed by atoms with Gasteiger partial charge in [0.2, 0.25) is 5.91 Å². The van der Waals surface area contributed by atoms with E-state index in [1.54, 1.807) is 0 Å². The molecule has 0 aromatic rings. The molecule has 0 unspecified atom stereocenters. The molecule has 0 rings (SSSR count). The first-order valence-corrected chi connectivity index (χ1v) is 10.3. The minimum absolute atomic E-state index is 0.0417. The van der Waals surface area contributed by atoms with Gasteiger partial charge in [-0.15, -0.1) is 0 Å². The molecule has 0 aliphatic rings. The molecule has 0 atom stereocenters. The van der Waals surface area contributed by atoms with E-state index in [1.807, 2.05) is 0 Å². The predicted octanol–water partition coefficient (Wildman–Crippen LogP) is 4.56. The quantitative estimate of drug-likeness (QED) is 0.123. The number of nitrogens with one attached hydrogen (secondary N) is 1. The Morgan fingerprint density at radius 1 is 0.833 bits per heavy atom. The Kier molecular flexibility index (Phi) is 23.5. The van der Waals surface area contributed by atoms with Crippen LogP contribution in [0, 0.1) is 5.41 Å². The predicted molar refractivity (Wildman–Crippen MR) is 106 cm³/mol. The average Bonchev–Trinajstić information content (AvgIpc) is 2.50. The second kappa shape index (κ2) is 22.2. The van der Waals surface area contributed by atoms with E-state index in [2.05, 4.69) is 40.8 Å². The normalized spacial score (nSPS) is 10.4. The Labute approximate surface area is 157 Å². The van der Waals surface area contributed by atoms with Gasteiger partial charge in [0.1, 0.15) is 0 Å². The zero-order valence-corrected chi connectivity index (χ0v) is 17.2. The van der Waals surface area contributed by atoms with Gasteiger partial charge in [0.15, 0.2) is 0 Å². The van der Waals surface area contributed by atoms with Gasteiger partial charge in [0.25, 0.3) is 0 Å². The van der Waals surface area contributed by atoms with E-state index in [9.17, 15) is 4.79 Å². The third-order valence-electron chi connectivity index (χ3n) is 3.68. The van der Waals surface area contributed by atoms with Crippen LogP contribution in [0.3, 0.4) is 0 Å². The molecule has 0 saturated carbocycles. The molecule has 24 heavy (non-hydrogen) atoms. The number of rotatable bonds is 15. The van der Waals surface area contributed by atoms with E-state index in [4.69, 9.17) is 11.1 Å². The van der Waals surface area contributed by atoms with Crippen molar-refractivity contribution >= 4 is 26.7 Å². The van der Waals surface area contributed by atoms with Gasteiger partial charge in [0.05, 0.1) is 0 Å². The molecule has 5 N–H and O–H groups in total. The van der Waals surface area contributed by atoms with Crippen LogP contribution in [0.2, 0.25) is 0 Å². The van der Waals surface area contributed by atoms with Gasteiger partial charge in [-0.25, -0.2) is 0 Å². The second-order valence-corrected chi connectivity index (χ2v) is 7.09. The minimum atomic E-state index is -0.164. The van der Waals surface area contributed by atoms with Crippen LogP contribution in [0.5, 0.6) is 0 Å². The summed E-state index contributed by atoms with van der Waals surface area (Å²) in [5.74, 6) is -0.164. The number of nitrogens with two attached hydrogens (primary N) is 2. The zero-order chi connectivity index (χ0) is 18.5. The molecule has 141 valence electrons. The summed E-state index contributed by atoms with van der Waals surface area (Å²) in [5, 5.41) is 6.22. The summed E-state index contributed by atoms with van der Waals surface area (Å²) in [7, 11) is 0. The molecule has 0 fully saturated rings. The van der Waals surface area contributed by atoms with Crippen molar-refractivity contribution in [1.29, 1.82) is 5.41 Å². The fourth-order valence-electron chi connectivity index (χ4n) is 2.37. The van der Waals surface area contributed by atoms with E-state index < -0.39 is 0 Å². The monoisotopic (exact) mass is 404 g/mol.